The largest absolute Gasteiger partial charge is 0.368 e. The molecule has 0 aromatic rings. The van der Waals surface area contributed by atoms with Crippen molar-refractivity contribution in [2.75, 3.05) is 0 Å². The van der Waals surface area contributed by atoms with Crippen LogP contribution in [0.5, 0.6) is 0 Å². The highest BCUT2D eigenvalue weighted by Crippen LogP contribution is 2.22. The van der Waals surface area contributed by atoms with Gasteiger partial charge in [0.2, 0.25) is 5.91 Å². The third kappa shape index (κ3) is 3.02. The van der Waals surface area contributed by atoms with Crippen molar-refractivity contribution in [3.05, 3.63) is 0 Å². The Kier molecular flexibility index (Phi) is 3.50. The second-order valence-corrected chi connectivity index (χ2v) is 5.22. The molecule has 3 N–H and O–H groups in total. The van der Waals surface area contributed by atoms with E-state index in [-0.39, 0.29) is 29.2 Å². The Balaban J connectivity index is 2.64. The number of carbonyl (C=O) groups excluding carboxylic acids is 2. The van der Waals surface area contributed by atoms with Crippen molar-refractivity contribution in [3.8, 4) is 0 Å². The van der Waals surface area contributed by atoms with Crippen molar-refractivity contribution in [2.45, 2.75) is 52.1 Å². The van der Waals surface area contributed by atoms with Crippen LogP contribution in [0.3, 0.4) is 0 Å². The van der Waals surface area contributed by atoms with Crippen LogP contribution in [-0.4, -0.2) is 23.8 Å². The van der Waals surface area contributed by atoms with E-state index in [0.29, 0.717) is 0 Å². The molecule has 0 aliphatic carbocycles. The van der Waals surface area contributed by atoms with E-state index in [4.69, 9.17) is 5.73 Å². The maximum atomic E-state index is 12.0. The quantitative estimate of drug-likeness (QED) is 0.704. The Labute approximate surface area is 90.6 Å². The fourth-order valence-electron chi connectivity index (χ4n) is 1.89. The molecule has 1 heterocycles. The minimum atomic E-state index is -0.364. The first-order chi connectivity index (χ1) is 6.82. The van der Waals surface area contributed by atoms with Gasteiger partial charge in [0, 0.05) is 5.41 Å². The topological polar surface area (TPSA) is 72.2 Å². The molecular formula is C11H20N2O2. The number of hydrogen-bond donors (Lipinski definition) is 2. The lowest BCUT2D eigenvalue weighted by Gasteiger charge is -2.32. The summed E-state index contributed by atoms with van der Waals surface area (Å²) < 4.78 is 0. The predicted octanol–water partition coefficient (Wildman–Crippen LogP) is 0.598. The number of nitrogens with two attached hydrogens (primary N) is 1. The SMILES string of the molecule is CC(C)(C)C(=O)C1CCCC(C(N)=O)N1. The molecule has 1 rings (SSSR count). The molecule has 0 aromatic carbocycles. The van der Waals surface area contributed by atoms with Gasteiger partial charge in [0.15, 0.2) is 5.78 Å². The van der Waals surface area contributed by atoms with Gasteiger partial charge < -0.3 is 5.73 Å². The number of hydrogen-bond acceptors (Lipinski definition) is 3. The third-order valence-electron chi connectivity index (χ3n) is 2.79. The van der Waals surface area contributed by atoms with Gasteiger partial charge in [0.25, 0.3) is 0 Å². The average molecular weight is 212 g/mol. The van der Waals surface area contributed by atoms with Gasteiger partial charge in [0.1, 0.15) is 0 Å². The summed E-state index contributed by atoms with van der Waals surface area (Å²) in [6.45, 7) is 5.68. The van der Waals surface area contributed by atoms with Crippen molar-refractivity contribution in [3.63, 3.8) is 0 Å². The van der Waals surface area contributed by atoms with Crippen molar-refractivity contribution in [2.24, 2.45) is 11.1 Å². The summed E-state index contributed by atoms with van der Waals surface area (Å²) in [5, 5.41) is 3.04. The highest BCUT2D eigenvalue weighted by atomic mass is 16.1. The smallest absolute Gasteiger partial charge is 0.234 e. The van der Waals surface area contributed by atoms with E-state index in [1.54, 1.807) is 0 Å². The summed E-state index contributed by atoms with van der Waals surface area (Å²) in [4.78, 5) is 23.0. The molecule has 2 atom stereocenters. The summed E-state index contributed by atoms with van der Waals surface area (Å²) >= 11 is 0. The Morgan fingerprint density at radius 1 is 1.20 bits per heavy atom. The van der Waals surface area contributed by atoms with Crippen LogP contribution in [0.1, 0.15) is 40.0 Å². The molecule has 0 saturated carbocycles. The fraction of sp³-hybridized carbons (Fsp3) is 0.818. The summed E-state index contributed by atoms with van der Waals surface area (Å²) in [5.74, 6) is -0.199. The highest BCUT2D eigenvalue weighted by molar-refractivity contribution is 5.90. The van der Waals surface area contributed by atoms with Crippen LogP contribution in [0.4, 0.5) is 0 Å². The molecule has 0 bridgehead atoms. The number of nitrogens with one attached hydrogen (secondary N) is 1. The van der Waals surface area contributed by atoms with Gasteiger partial charge in [-0.15, -0.1) is 0 Å². The first kappa shape index (κ1) is 12.2. The number of Topliss-reactive ketones (excluding diaryl/α,β-unsaturated/α-hetero) is 1. The lowest BCUT2D eigenvalue weighted by atomic mass is 9.82. The second kappa shape index (κ2) is 4.31. The molecule has 15 heavy (non-hydrogen) atoms. The molecule has 2 unspecified atom stereocenters. The number of amides is 1. The van der Waals surface area contributed by atoms with Crippen molar-refractivity contribution < 1.29 is 9.59 Å². The minimum Gasteiger partial charge on any atom is -0.368 e. The van der Waals surface area contributed by atoms with E-state index < -0.39 is 0 Å². The summed E-state index contributed by atoms with van der Waals surface area (Å²) in [7, 11) is 0. The lowest BCUT2D eigenvalue weighted by molar-refractivity contribution is -0.130. The number of rotatable bonds is 2. The molecule has 1 fully saturated rings. The van der Waals surface area contributed by atoms with Gasteiger partial charge in [-0.05, 0) is 19.3 Å². The predicted molar refractivity (Wildman–Crippen MR) is 58.2 cm³/mol. The lowest BCUT2D eigenvalue weighted by Crippen LogP contribution is -2.54. The van der Waals surface area contributed by atoms with Crippen LogP contribution in [-0.2, 0) is 9.59 Å². The van der Waals surface area contributed by atoms with E-state index in [2.05, 4.69) is 5.32 Å². The van der Waals surface area contributed by atoms with Gasteiger partial charge in [-0.3, -0.25) is 14.9 Å². The van der Waals surface area contributed by atoms with Crippen LogP contribution >= 0.6 is 0 Å². The minimum absolute atomic E-state index is 0.161. The summed E-state index contributed by atoms with van der Waals surface area (Å²) in [6, 6.07) is -0.550. The van der Waals surface area contributed by atoms with Crippen LogP contribution in [0.25, 0.3) is 0 Å². The third-order valence-corrected chi connectivity index (χ3v) is 2.79. The number of piperidine rings is 1. The number of primary amides is 1. The van der Waals surface area contributed by atoms with E-state index >= 15 is 0 Å². The molecule has 1 aliphatic rings. The van der Waals surface area contributed by atoms with Crippen molar-refractivity contribution in [1.82, 2.24) is 5.32 Å². The Bertz CT molecular complexity index is 268. The van der Waals surface area contributed by atoms with Crippen molar-refractivity contribution in [1.29, 1.82) is 0 Å². The summed E-state index contributed by atoms with van der Waals surface area (Å²) in [6.07, 6.45) is 2.43. The second-order valence-electron chi connectivity index (χ2n) is 5.22. The van der Waals surface area contributed by atoms with E-state index in [1.807, 2.05) is 20.8 Å². The van der Waals surface area contributed by atoms with Gasteiger partial charge in [-0.25, -0.2) is 0 Å². The first-order valence-electron chi connectivity index (χ1n) is 5.42. The molecule has 4 nitrogen and oxygen atoms in total. The Morgan fingerprint density at radius 2 is 1.73 bits per heavy atom. The molecule has 1 amide bonds. The maximum Gasteiger partial charge on any atom is 0.234 e. The Hall–Kier alpha value is -0.900. The molecule has 86 valence electrons. The van der Waals surface area contributed by atoms with Gasteiger partial charge in [0.05, 0.1) is 12.1 Å². The van der Waals surface area contributed by atoms with Crippen molar-refractivity contribution >= 4 is 11.7 Å². The van der Waals surface area contributed by atoms with Crippen LogP contribution in [0.15, 0.2) is 0 Å². The molecule has 1 aliphatic heterocycles. The number of carbonyl (C=O) groups is 2. The van der Waals surface area contributed by atoms with Gasteiger partial charge in [-0.2, -0.15) is 0 Å². The molecule has 0 radical (unpaired) electrons. The van der Waals surface area contributed by atoms with Crippen LogP contribution in [0, 0.1) is 5.41 Å². The normalized spacial score (nSPS) is 27.4. The van der Waals surface area contributed by atoms with Gasteiger partial charge >= 0.3 is 0 Å². The average Bonchev–Trinajstić information content (AvgIpc) is 2.15. The zero-order chi connectivity index (χ0) is 11.6. The highest BCUT2D eigenvalue weighted by Gasteiger charge is 2.34. The van der Waals surface area contributed by atoms with E-state index in [9.17, 15) is 9.59 Å². The summed E-state index contributed by atoms with van der Waals surface area (Å²) in [5.41, 5.74) is 4.86. The zero-order valence-corrected chi connectivity index (χ0v) is 9.67. The monoisotopic (exact) mass is 212 g/mol. The maximum absolute atomic E-state index is 12.0. The van der Waals surface area contributed by atoms with Gasteiger partial charge in [-0.1, -0.05) is 20.8 Å². The molecule has 0 aromatic heterocycles. The van der Waals surface area contributed by atoms with Crippen LogP contribution < -0.4 is 11.1 Å². The van der Waals surface area contributed by atoms with E-state index in [0.717, 1.165) is 19.3 Å². The molecule has 1 saturated heterocycles. The molecule has 4 heteroatoms. The van der Waals surface area contributed by atoms with Crippen LogP contribution in [0.2, 0.25) is 0 Å². The zero-order valence-electron chi connectivity index (χ0n) is 9.67. The number of ketones is 1. The molecule has 0 spiro atoms. The fourth-order valence-corrected chi connectivity index (χ4v) is 1.89. The Morgan fingerprint density at radius 3 is 2.20 bits per heavy atom. The van der Waals surface area contributed by atoms with E-state index in [1.165, 1.54) is 0 Å². The molecular weight excluding hydrogens is 192 g/mol. The standard InChI is InChI=1S/C11H20N2O2/c1-11(2,3)9(14)7-5-4-6-8(13-7)10(12)15/h7-8,13H,4-6H2,1-3H3,(H2,12,15). The first-order valence-corrected chi connectivity index (χ1v) is 5.42.